The first-order chi connectivity index (χ1) is 12.7. The van der Waals surface area contributed by atoms with Crippen LogP contribution in [0.1, 0.15) is 15.9 Å². The lowest BCUT2D eigenvalue weighted by Gasteiger charge is -2.02. The topological polar surface area (TPSA) is 114 Å². The van der Waals surface area contributed by atoms with Crippen molar-refractivity contribution in [2.45, 2.75) is 0 Å². The largest absolute Gasteiger partial charge is 0.360 e. The average molecular weight is 361 g/mol. The van der Waals surface area contributed by atoms with Crippen molar-refractivity contribution in [3.63, 3.8) is 0 Å². The molecule has 0 aliphatic carbocycles. The summed E-state index contributed by atoms with van der Waals surface area (Å²) in [6.07, 6.45) is 4.83. The third-order valence-corrected chi connectivity index (χ3v) is 4.83. The van der Waals surface area contributed by atoms with Crippen LogP contribution in [0, 0.1) is 11.3 Å². The van der Waals surface area contributed by atoms with Crippen molar-refractivity contribution in [1.29, 1.82) is 5.26 Å². The molecule has 3 heterocycles. The second kappa shape index (κ2) is 6.31. The van der Waals surface area contributed by atoms with Gasteiger partial charge in [-0.2, -0.15) is 5.26 Å². The summed E-state index contributed by atoms with van der Waals surface area (Å²) in [4.78, 5) is 34.0. The third-order valence-electron chi connectivity index (χ3n) is 3.88. The highest BCUT2D eigenvalue weighted by Crippen LogP contribution is 2.35. The fourth-order valence-corrected chi connectivity index (χ4v) is 3.49. The number of amides is 1. The number of nitrogens with zero attached hydrogens (tertiary/aromatic N) is 2. The Hall–Kier alpha value is -3.70. The van der Waals surface area contributed by atoms with E-state index in [1.807, 2.05) is 12.1 Å². The number of hydrogen-bond donors (Lipinski definition) is 3. The SMILES string of the molecule is N#Cc1ccc(-c2cnc(NC(=O)c3ccc(=O)[nH]c3)s2)c2cc[nH]c12. The lowest BCUT2D eigenvalue weighted by atomic mass is 10.1. The van der Waals surface area contributed by atoms with Crippen LogP contribution in [0.3, 0.4) is 0 Å². The van der Waals surface area contributed by atoms with Crippen LogP contribution in [0.25, 0.3) is 21.3 Å². The van der Waals surface area contributed by atoms with Crippen molar-refractivity contribution < 1.29 is 4.79 Å². The van der Waals surface area contributed by atoms with Gasteiger partial charge in [0.1, 0.15) is 6.07 Å². The summed E-state index contributed by atoms with van der Waals surface area (Å²) in [5.74, 6) is -0.353. The second-order valence-electron chi connectivity index (χ2n) is 5.46. The minimum atomic E-state index is -0.353. The van der Waals surface area contributed by atoms with Gasteiger partial charge in [-0.05, 0) is 18.2 Å². The smallest absolute Gasteiger partial charge is 0.258 e. The molecule has 0 radical (unpaired) electrons. The zero-order valence-corrected chi connectivity index (χ0v) is 14.1. The Balaban J connectivity index is 1.64. The molecule has 7 nitrogen and oxygen atoms in total. The molecule has 0 aliphatic rings. The van der Waals surface area contributed by atoms with Crippen LogP contribution >= 0.6 is 11.3 Å². The van der Waals surface area contributed by atoms with E-state index in [0.29, 0.717) is 16.3 Å². The van der Waals surface area contributed by atoms with Crippen molar-refractivity contribution >= 4 is 33.3 Å². The van der Waals surface area contributed by atoms with Gasteiger partial charge in [0.05, 0.1) is 21.5 Å². The van der Waals surface area contributed by atoms with Crippen molar-refractivity contribution in [3.05, 3.63) is 70.4 Å². The van der Waals surface area contributed by atoms with Gasteiger partial charge in [-0.25, -0.2) is 4.98 Å². The van der Waals surface area contributed by atoms with Gasteiger partial charge < -0.3 is 9.97 Å². The number of benzene rings is 1. The van der Waals surface area contributed by atoms with E-state index in [1.54, 1.807) is 18.5 Å². The van der Waals surface area contributed by atoms with Crippen LogP contribution in [0.5, 0.6) is 0 Å². The van der Waals surface area contributed by atoms with Gasteiger partial charge >= 0.3 is 0 Å². The highest BCUT2D eigenvalue weighted by Gasteiger charge is 2.13. The van der Waals surface area contributed by atoms with Gasteiger partial charge in [-0.1, -0.05) is 17.4 Å². The number of nitrogens with one attached hydrogen (secondary N) is 3. The van der Waals surface area contributed by atoms with Crippen molar-refractivity contribution in [3.8, 4) is 16.5 Å². The van der Waals surface area contributed by atoms with Gasteiger partial charge in [-0.15, -0.1) is 0 Å². The minimum Gasteiger partial charge on any atom is -0.360 e. The molecule has 0 aliphatic heterocycles. The maximum Gasteiger partial charge on any atom is 0.258 e. The molecular weight excluding hydrogens is 350 g/mol. The molecule has 0 bridgehead atoms. The van der Waals surface area contributed by atoms with Gasteiger partial charge in [0.25, 0.3) is 5.91 Å². The molecule has 4 aromatic rings. The number of carbonyl (C=O) groups is 1. The molecule has 0 spiro atoms. The van der Waals surface area contributed by atoms with Crippen LogP contribution in [0.15, 0.2) is 53.7 Å². The molecule has 0 saturated carbocycles. The quantitative estimate of drug-likeness (QED) is 0.520. The number of H-pyrrole nitrogens is 2. The summed E-state index contributed by atoms with van der Waals surface area (Å²) >= 11 is 1.33. The minimum absolute atomic E-state index is 0.269. The number of thiazole rings is 1. The summed E-state index contributed by atoms with van der Waals surface area (Å²) in [5.41, 5.74) is 2.35. The Labute approximate surface area is 151 Å². The summed E-state index contributed by atoms with van der Waals surface area (Å²) in [6.45, 7) is 0. The first kappa shape index (κ1) is 15.8. The average Bonchev–Trinajstić information content (AvgIpc) is 3.31. The highest BCUT2D eigenvalue weighted by molar-refractivity contribution is 7.19. The van der Waals surface area contributed by atoms with Crippen LogP contribution in [0.4, 0.5) is 5.13 Å². The van der Waals surface area contributed by atoms with E-state index in [0.717, 1.165) is 21.3 Å². The zero-order chi connectivity index (χ0) is 18.1. The summed E-state index contributed by atoms with van der Waals surface area (Å²) in [6, 6.07) is 10.4. The zero-order valence-electron chi connectivity index (χ0n) is 13.2. The predicted octanol–water partition coefficient (Wildman–Crippen LogP) is 3.10. The van der Waals surface area contributed by atoms with E-state index >= 15 is 0 Å². The van der Waals surface area contributed by atoms with Gasteiger partial charge in [0.15, 0.2) is 5.13 Å². The highest BCUT2D eigenvalue weighted by atomic mass is 32.1. The summed E-state index contributed by atoms with van der Waals surface area (Å²) in [7, 11) is 0. The number of fused-ring (bicyclic) bond motifs is 1. The van der Waals surface area contributed by atoms with Crippen molar-refractivity contribution in [1.82, 2.24) is 15.0 Å². The molecular formula is C18H11N5O2S. The number of aromatic amines is 2. The van der Waals surface area contributed by atoms with Crippen LogP contribution < -0.4 is 10.9 Å². The maximum atomic E-state index is 12.2. The van der Waals surface area contributed by atoms with Crippen LogP contribution in [0.2, 0.25) is 0 Å². The summed E-state index contributed by atoms with van der Waals surface area (Å²) < 4.78 is 0. The number of nitriles is 1. The van der Waals surface area contributed by atoms with Crippen molar-refractivity contribution in [2.75, 3.05) is 5.32 Å². The van der Waals surface area contributed by atoms with E-state index < -0.39 is 0 Å². The molecule has 0 unspecified atom stereocenters. The van der Waals surface area contributed by atoms with Crippen LogP contribution in [-0.2, 0) is 0 Å². The Bertz CT molecular complexity index is 1210. The molecule has 1 amide bonds. The van der Waals surface area contributed by atoms with E-state index in [9.17, 15) is 14.9 Å². The summed E-state index contributed by atoms with van der Waals surface area (Å²) in [5, 5.41) is 13.3. The Morgan fingerprint density at radius 1 is 1.19 bits per heavy atom. The number of anilines is 1. The Morgan fingerprint density at radius 3 is 2.85 bits per heavy atom. The maximum absolute atomic E-state index is 12.2. The fraction of sp³-hybridized carbons (Fsp3) is 0. The number of pyridine rings is 1. The predicted molar refractivity (Wildman–Crippen MR) is 99.1 cm³/mol. The molecule has 26 heavy (non-hydrogen) atoms. The molecule has 3 N–H and O–H groups in total. The van der Waals surface area contributed by atoms with Gasteiger partial charge in [0, 0.05) is 35.6 Å². The first-order valence-corrected chi connectivity index (χ1v) is 8.44. The standard InChI is InChI=1S/C18H11N5O2S/c19-7-10-1-3-12(13-5-6-20-16(10)13)14-9-22-18(26-14)23-17(25)11-2-4-15(24)21-8-11/h1-6,8-9,20H,(H,21,24)(H,22,23,25). The third kappa shape index (κ3) is 2.76. The fourth-order valence-electron chi connectivity index (χ4n) is 2.64. The van der Waals surface area contributed by atoms with E-state index in [1.165, 1.54) is 29.7 Å². The molecule has 0 saturated heterocycles. The van der Waals surface area contributed by atoms with Gasteiger partial charge in [-0.3, -0.25) is 14.9 Å². The molecule has 4 rings (SSSR count). The Kier molecular flexibility index (Phi) is 3.84. The number of hydrogen-bond acceptors (Lipinski definition) is 5. The molecule has 8 heteroatoms. The second-order valence-corrected chi connectivity index (χ2v) is 6.49. The molecule has 0 atom stereocenters. The van der Waals surface area contributed by atoms with Gasteiger partial charge in [0.2, 0.25) is 5.56 Å². The molecule has 126 valence electrons. The normalized spacial score (nSPS) is 10.6. The lowest BCUT2D eigenvalue weighted by molar-refractivity contribution is 0.102. The van der Waals surface area contributed by atoms with E-state index in [2.05, 4.69) is 26.3 Å². The van der Waals surface area contributed by atoms with Crippen LogP contribution in [-0.4, -0.2) is 20.9 Å². The number of carbonyl (C=O) groups excluding carboxylic acids is 1. The first-order valence-electron chi connectivity index (χ1n) is 7.62. The molecule has 0 fully saturated rings. The lowest BCUT2D eigenvalue weighted by Crippen LogP contribution is -2.14. The number of aromatic nitrogens is 3. The monoisotopic (exact) mass is 361 g/mol. The van der Waals surface area contributed by atoms with E-state index in [4.69, 9.17) is 0 Å². The number of rotatable bonds is 3. The van der Waals surface area contributed by atoms with E-state index in [-0.39, 0.29) is 11.5 Å². The van der Waals surface area contributed by atoms with Crippen molar-refractivity contribution in [2.24, 2.45) is 0 Å². The molecule has 1 aromatic carbocycles. The Morgan fingerprint density at radius 2 is 2.08 bits per heavy atom. The molecule has 3 aromatic heterocycles.